The molecule has 0 aromatic heterocycles. The van der Waals surface area contributed by atoms with Crippen molar-refractivity contribution in [3.63, 3.8) is 0 Å². The molecule has 47 valence electrons. The zero-order valence-corrected chi connectivity index (χ0v) is 8.28. The maximum atomic E-state index is 9.29. The van der Waals surface area contributed by atoms with Crippen molar-refractivity contribution >= 4 is 17.0 Å². The fourth-order valence-corrected chi connectivity index (χ4v) is 0. The third-order valence-electron chi connectivity index (χ3n) is 0.113. The van der Waals surface area contributed by atoms with Gasteiger partial charge < -0.3 is 11.7 Å². The largest absolute Gasteiger partial charge is 0.628 e. The number of hydrogen-bond acceptors (Lipinski definition) is 2. The summed E-state index contributed by atoms with van der Waals surface area (Å²) in [6, 6.07) is 0. The average Bonchev–Trinajstić information content (AvgIpc) is 1.73. The van der Waals surface area contributed by atoms with Crippen molar-refractivity contribution < 1.29 is 42.2 Å². The molecule has 4 heteroatoms. The fourth-order valence-electron chi connectivity index (χ4n) is 0. The van der Waals surface area contributed by atoms with Gasteiger partial charge in [-0.15, -0.1) is 0 Å². The van der Waals surface area contributed by atoms with Gasteiger partial charge in [0.2, 0.25) is 0 Å². The van der Waals surface area contributed by atoms with E-state index in [2.05, 4.69) is 30.4 Å². The first-order valence-electron chi connectivity index (χ1n) is 1.59. The Labute approximate surface area is 79.8 Å². The van der Waals surface area contributed by atoms with Gasteiger partial charge in [-0.1, -0.05) is 0 Å². The van der Waals surface area contributed by atoms with Crippen LogP contribution >= 0.6 is 11.6 Å². The number of hydrogen-bond donors (Lipinski definition) is 0. The van der Waals surface area contributed by atoms with Crippen LogP contribution in [0.2, 0.25) is 0 Å². The third-order valence-corrected chi connectivity index (χ3v) is 0.223. The first kappa shape index (κ1) is 15.9. The predicted molar refractivity (Wildman–Crippen MR) is 28.7 cm³/mol. The standard InChI is InChI=1S/C2H2ClO2.C2H5.Y/c1-5-2(3)4;1-2;/h1H2;1H2,2H3;/q2*-1;. The molecule has 0 aliphatic rings. The summed E-state index contributed by atoms with van der Waals surface area (Å²) in [5, 5.41) is 0. The number of halogens is 1. The molecule has 0 atom stereocenters. The molecule has 2 nitrogen and oxygen atoms in total. The molecule has 0 aromatic carbocycles. The van der Waals surface area contributed by atoms with Gasteiger partial charge >= 0.3 is 5.43 Å². The number of carbonyl (C=O) groups excluding carboxylic acids is 1. The second kappa shape index (κ2) is 15.7. The number of carbonyl (C=O) groups is 1. The van der Waals surface area contributed by atoms with Crippen LogP contribution in [0.15, 0.2) is 0 Å². The van der Waals surface area contributed by atoms with Gasteiger partial charge in [-0.2, -0.15) is 14.0 Å². The van der Waals surface area contributed by atoms with E-state index in [0.29, 0.717) is 0 Å². The average molecular weight is 211 g/mol. The molecule has 0 bridgehead atoms. The van der Waals surface area contributed by atoms with Gasteiger partial charge in [0.05, 0.1) is 0 Å². The summed E-state index contributed by atoms with van der Waals surface area (Å²) in [5.74, 6) is 0. The molecular formula is C4H7ClO2Y-2. The maximum absolute atomic E-state index is 9.29. The summed E-state index contributed by atoms with van der Waals surface area (Å²) in [4.78, 5) is 9.29. The molecule has 0 heterocycles. The minimum atomic E-state index is -0.884. The molecule has 0 saturated carbocycles. The van der Waals surface area contributed by atoms with E-state index < -0.39 is 5.43 Å². The molecule has 1 radical (unpaired) electrons. The minimum Gasteiger partial charge on any atom is -0.628 e. The quantitative estimate of drug-likeness (QED) is 0.452. The van der Waals surface area contributed by atoms with Crippen LogP contribution in [0, 0.1) is 14.0 Å². The fraction of sp³-hybridized carbons (Fsp3) is 0.250. The zero-order valence-electron chi connectivity index (χ0n) is 4.69. The SMILES string of the molecule is [CH2-]C.[CH2-]OC(=O)Cl.[Y]. The molecule has 0 amide bonds. The van der Waals surface area contributed by atoms with Crippen molar-refractivity contribution in [3.05, 3.63) is 14.0 Å². The number of rotatable bonds is 0. The molecular weight excluding hydrogens is 204 g/mol. The van der Waals surface area contributed by atoms with Crippen LogP contribution in [0.25, 0.3) is 0 Å². The van der Waals surface area contributed by atoms with E-state index >= 15 is 0 Å². The van der Waals surface area contributed by atoms with Crippen LogP contribution in [0.4, 0.5) is 4.79 Å². The summed E-state index contributed by atoms with van der Waals surface area (Å²) in [6.07, 6.45) is 0. The molecule has 0 spiro atoms. The Morgan fingerprint density at radius 1 is 1.62 bits per heavy atom. The molecule has 0 aliphatic heterocycles. The van der Waals surface area contributed by atoms with E-state index in [-0.39, 0.29) is 32.7 Å². The Morgan fingerprint density at radius 3 is 1.75 bits per heavy atom. The van der Waals surface area contributed by atoms with Gasteiger partial charge in [0.15, 0.2) is 0 Å². The van der Waals surface area contributed by atoms with Crippen molar-refractivity contribution in [1.29, 1.82) is 0 Å². The summed E-state index contributed by atoms with van der Waals surface area (Å²) < 4.78 is 3.63. The predicted octanol–water partition coefficient (Wildman–Crippen LogP) is 1.99. The van der Waals surface area contributed by atoms with Crippen molar-refractivity contribution in [1.82, 2.24) is 0 Å². The van der Waals surface area contributed by atoms with Crippen LogP contribution < -0.4 is 0 Å². The van der Waals surface area contributed by atoms with Gasteiger partial charge in [0.25, 0.3) is 0 Å². The van der Waals surface area contributed by atoms with E-state index in [0.717, 1.165) is 0 Å². The first-order valence-corrected chi connectivity index (χ1v) is 1.97. The second-order valence-electron chi connectivity index (χ2n) is 0.382. The molecule has 0 unspecified atom stereocenters. The van der Waals surface area contributed by atoms with E-state index in [4.69, 9.17) is 0 Å². The minimum absolute atomic E-state index is 0. The Hall–Kier alpha value is 0.864. The van der Waals surface area contributed by atoms with E-state index in [9.17, 15) is 4.79 Å². The Morgan fingerprint density at radius 2 is 1.75 bits per heavy atom. The van der Waals surface area contributed by atoms with Crippen LogP contribution in [0.1, 0.15) is 6.92 Å². The Bertz CT molecular complexity index is 49.3. The second-order valence-corrected chi connectivity index (χ2v) is 0.691. The summed E-state index contributed by atoms with van der Waals surface area (Å²) >= 11 is 4.54. The molecule has 0 aromatic rings. The van der Waals surface area contributed by atoms with Crippen molar-refractivity contribution in [2.24, 2.45) is 0 Å². The van der Waals surface area contributed by atoms with Crippen molar-refractivity contribution in [2.45, 2.75) is 6.92 Å². The van der Waals surface area contributed by atoms with Gasteiger partial charge in [0.1, 0.15) is 0 Å². The van der Waals surface area contributed by atoms with E-state index in [1.54, 1.807) is 6.92 Å². The monoisotopic (exact) mass is 211 g/mol. The van der Waals surface area contributed by atoms with Gasteiger partial charge in [-0.25, -0.2) is 4.79 Å². The van der Waals surface area contributed by atoms with Crippen LogP contribution in [-0.2, 0) is 37.4 Å². The normalized spacial score (nSPS) is 5.00. The van der Waals surface area contributed by atoms with Gasteiger partial charge in [-0.3, -0.25) is 0 Å². The number of ether oxygens (including phenoxy) is 1. The molecule has 0 rings (SSSR count). The molecule has 0 fully saturated rings. The summed E-state index contributed by atoms with van der Waals surface area (Å²) in [5.41, 5.74) is -0.884. The van der Waals surface area contributed by atoms with Gasteiger partial charge in [-0.05, 0) is 0 Å². The zero-order chi connectivity index (χ0) is 6.28. The van der Waals surface area contributed by atoms with Crippen molar-refractivity contribution in [2.75, 3.05) is 0 Å². The molecule has 0 aliphatic carbocycles. The Kier molecular flexibility index (Phi) is 31.2. The first-order chi connectivity index (χ1) is 3.27. The Balaban J connectivity index is -0.0000000750. The van der Waals surface area contributed by atoms with Gasteiger partial charge in [0, 0.05) is 44.3 Å². The summed E-state index contributed by atoms with van der Waals surface area (Å²) in [6.45, 7) is 5.00. The van der Waals surface area contributed by atoms with Crippen LogP contribution in [-0.4, -0.2) is 5.43 Å². The summed E-state index contributed by atoms with van der Waals surface area (Å²) in [7, 11) is 2.70. The molecule has 0 N–H and O–H groups in total. The van der Waals surface area contributed by atoms with Crippen molar-refractivity contribution in [3.8, 4) is 0 Å². The smallest absolute Gasteiger partial charge is 0.371 e. The molecule has 8 heavy (non-hydrogen) atoms. The topological polar surface area (TPSA) is 26.3 Å². The van der Waals surface area contributed by atoms with Crippen LogP contribution in [0.3, 0.4) is 0 Å². The van der Waals surface area contributed by atoms with E-state index in [1.807, 2.05) is 0 Å². The van der Waals surface area contributed by atoms with Crippen LogP contribution in [0.5, 0.6) is 0 Å². The third kappa shape index (κ3) is 28.8. The van der Waals surface area contributed by atoms with E-state index in [1.165, 1.54) is 0 Å². The maximum Gasteiger partial charge on any atom is 0.371 e. The molecule has 0 saturated heterocycles.